The Kier molecular flexibility index (Phi) is 5.90. The molecule has 0 bridgehead atoms. The largest absolute Gasteiger partial charge is 0.380 e. The molecule has 2 aromatic carbocycles. The number of sulfonamides is 1. The number of rotatable bonds is 5. The number of amides is 1. The first-order chi connectivity index (χ1) is 13.7. The lowest BCUT2D eigenvalue weighted by molar-refractivity contribution is -0.149. The SMILES string of the molecule is Cc1ccc(S(=O)(=O)N2C(=O)CCC2C(=O)O/N=C(/N)c2ccc(Cl)cc2)cc1. The molecule has 1 atom stereocenters. The van der Waals surface area contributed by atoms with Crippen molar-refractivity contribution in [1.82, 2.24) is 4.31 Å². The van der Waals surface area contributed by atoms with Crippen LogP contribution in [0.4, 0.5) is 0 Å². The highest BCUT2D eigenvalue weighted by Gasteiger charge is 2.45. The molecule has 0 spiro atoms. The standard InChI is InChI=1S/C19H18ClN3O5S/c1-12-2-8-15(9-3-12)29(26,27)23-16(10-11-17(23)24)19(25)28-22-18(21)13-4-6-14(20)7-5-13/h2-9,16H,10-11H2,1H3,(H2,21,22). The third-order valence-corrected chi connectivity index (χ3v) is 6.48. The van der Waals surface area contributed by atoms with E-state index < -0.39 is 27.9 Å². The molecular weight excluding hydrogens is 418 g/mol. The summed E-state index contributed by atoms with van der Waals surface area (Å²) in [5.41, 5.74) is 7.10. The highest BCUT2D eigenvalue weighted by Crippen LogP contribution is 2.28. The van der Waals surface area contributed by atoms with Gasteiger partial charge in [0.25, 0.3) is 10.0 Å². The van der Waals surface area contributed by atoms with Crippen molar-refractivity contribution in [2.45, 2.75) is 30.7 Å². The summed E-state index contributed by atoms with van der Waals surface area (Å²) >= 11 is 5.80. The Labute approximate surface area is 172 Å². The third-order valence-electron chi connectivity index (χ3n) is 4.38. The molecule has 1 heterocycles. The molecule has 1 saturated heterocycles. The van der Waals surface area contributed by atoms with E-state index in [1.54, 1.807) is 43.3 Å². The van der Waals surface area contributed by atoms with E-state index in [1.165, 1.54) is 12.1 Å². The van der Waals surface area contributed by atoms with Gasteiger partial charge in [-0.2, -0.15) is 0 Å². The third kappa shape index (κ3) is 4.41. The number of oxime groups is 1. The summed E-state index contributed by atoms with van der Waals surface area (Å²) in [6, 6.07) is 11.0. The Morgan fingerprint density at radius 2 is 1.79 bits per heavy atom. The van der Waals surface area contributed by atoms with Crippen molar-refractivity contribution >= 4 is 39.3 Å². The fraction of sp³-hybridized carbons (Fsp3) is 0.211. The summed E-state index contributed by atoms with van der Waals surface area (Å²) in [5.74, 6) is -1.75. The van der Waals surface area contributed by atoms with Crippen molar-refractivity contribution in [3.63, 3.8) is 0 Å². The topological polar surface area (TPSA) is 119 Å². The fourth-order valence-electron chi connectivity index (χ4n) is 2.83. The van der Waals surface area contributed by atoms with Gasteiger partial charge in [0.15, 0.2) is 5.84 Å². The predicted octanol–water partition coefficient (Wildman–Crippen LogP) is 2.19. The van der Waals surface area contributed by atoms with Gasteiger partial charge in [-0.25, -0.2) is 17.5 Å². The average molecular weight is 436 g/mol. The molecule has 3 rings (SSSR count). The van der Waals surface area contributed by atoms with Crippen molar-refractivity contribution in [1.29, 1.82) is 0 Å². The van der Waals surface area contributed by atoms with Crippen LogP contribution in [0, 0.1) is 6.92 Å². The van der Waals surface area contributed by atoms with E-state index in [9.17, 15) is 18.0 Å². The van der Waals surface area contributed by atoms with Crippen molar-refractivity contribution in [3.05, 3.63) is 64.7 Å². The van der Waals surface area contributed by atoms with Crippen LogP contribution in [0.3, 0.4) is 0 Å². The molecule has 29 heavy (non-hydrogen) atoms. The van der Waals surface area contributed by atoms with Crippen LogP contribution in [0.15, 0.2) is 58.6 Å². The number of amidine groups is 1. The number of nitrogens with two attached hydrogens (primary N) is 1. The normalized spacial score (nSPS) is 17.4. The van der Waals surface area contributed by atoms with E-state index in [-0.39, 0.29) is 23.6 Å². The summed E-state index contributed by atoms with van der Waals surface area (Å²) in [4.78, 5) is 29.4. The van der Waals surface area contributed by atoms with Crippen LogP contribution < -0.4 is 5.73 Å². The van der Waals surface area contributed by atoms with Gasteiger partial charge in [0.05, 0.1) is 4.90 Å². The fourth-order valence-corrected chi connectivity index (χ4v) is 4.55. The first kappa shape index (κ1) is 20.8. The van der Waals surface area contributed by atoms with Gasteiger partial charge >= 0.3 is 5.97 Å². The first-order valence-corrected chi connectivity index (χ1v) is 10.5. The maximum atomic E-state index is 12.9. The van der Waals surface area contributed by atoms with Crippen molar-refractivity contribution in [2.24, 2.45) is 10.9 Å². The van der Waals surface area contributed by atoms with Crippen LogP contribution in [0.5, 0.6) is 0 Å². The molecule has 0 aliphatic carbocycles. The van der Waals surface area contributed by atoms with E-state index in [0.29, 0.717) is 14.9 Å². The molecular formula is C19H18ClN3O5S. The van der Waals surface area contributed by atoms with Gasteiger partial charge in [0.2, 0.25) is 5.91 Å². The lowest BCUT2D eigenvalue weighted by atomic mass is 10.2. The first-order valence-electron chi connectivity index (χ1n) is 8.64. The van der Waals surface area contributed by atoms with Gasteiger partial charge in [-0.1, -0.05) is 34.5 Å². The molecule has 1 unspecified atom stereocenters. The molecule has 1 fully saturated rings. The highest BCUT2D eigenvalue weighted by molar-refractivity contribution is 7.89. The molecule has 10 heteroatoms. The molecule has 152 valence electrons. The Hall–Kier alpha value is -2.91. The van der Waals surface area contributed by atoms with Gasteiger partial charge in [0, 0.05) is 17.0 Å². The number of hydrogen-bond donors (Lipinski definition) is 1. The van der Waals surface area contributed by atoms with Gasteiger partial charge in [-0.15, -0.1) is 0 Å². The van der Waals surface area contributed by atoms with Gasteiger partial charge in [0.1, 0.15) is 6.04 Å². The quantitative estimate of drug-likeness (QED) is 0.333. The van der Waals surface area contributed by atoms with E-state index >= 15 is 0 Å². The van der Waals surface area contributed by atoms with Crippen LogP contribution in [0.2, 0.25) is 5.02 Å². The second-order valence-corrected chi connectivity index (χ2v) is 8.71. The van der Waals surface area contributed by atoms with E-state index in [1.807, 2.05) is 0 Å². The maximum absolute atomic E-state index is 12.9. The number of hydrogen-bond acceptors (Lipinski definition) is 6. The van der Waals surface area contributed by atoms with E-state index in [0.717, 1.165) is 5.56 Å². The minimum Gasteiger partial charge on any atom is -0.380 e. The molecule has 1 aliphatic heterocycles. The van der Waals surface area contributed by atoms with Gasteiger partial charge < -0.3 is 10.6 Å². The Morgan fingerprint density at radius 1 is 1.17 bits per heavy atom. The van der Waals surface area contributed by atoms with Crippen LogP contribution in [-0.4, -0.2) is 36.5 Å². The number of benzene rings is 2. The maximum Gasteiger partial charge on any atom is 0.358 e. The minimum atomic E-state index is -4.21. The smallest absolute Gasteiger partial charge is 0.358 e. The molecule has 8 nitrogen and oxygen atoms in total. The van der Waals surface area contributed by atoms with E-state index in [2.05, 4.69) is 5.16 Å². The van der Waals surface area contributed by atoms with E-state index in [4.69, 9.17) is 22.2 Å². The number of carbonyl (C=O) groups is 2. The molecule has 0 saturated carbocycles. The number of carbonyl (C=O) groups excluding carboxylic acids is 2. The Bertz CT molecular complexity index is 1070. The monoisotopic (exact) mass is 435 g/mol. The Balaban J connectivity index is 1.80. The number of halogens is 1. The lowest BCUT2D eigenvalue weighted by Gasteiger charge is -2.22. The molecule has 2 N–H and O–H groups in total. The summed E-state index contributed by atoms with van der Waals surface area (Å²) < 4.78 is 26.3. The zero-order valence-corrected chi connectivity index (χ0v) is 17.0. The van der Waals surface area contributed by atoms with Crippen LogP contribution in [-0.2, 0) is 24.4 Å². The molecule has 1 amide bonds. The van der Waals surface area contributed by atoms with Crippen molar-refractivity contribution < 1.29 is 22.8 Å². The van der Waals surface area contributed by atoms with Crippen LogP contribution in [0.25, 0.3) is 0 Å². The number of nitrogens with zero attached hydrogens (tertiary/aromatic N) is 2. The zero-order valence-electron chi connectivity index (χ0n) is 15.4. The average Bonchev–Trinajstić information content (AvgIpc) is 3.09. The van der Waals surface area contributed by atoms with Gasteiger partial charge in [-0.3, -0.25) is 4.79 Å². The summed E-state index contributed by atoms with van der Waals surface area (Å²) in [6.45, 7) is 1.81. The molecule has 2 aromatic rings. The summed E-state index contributed by atoms with van der Waals surface area (Å²) in [5, 5.41) is 4.06. The summed E-state index contributed by atoms with van der Waals surface area (Å²) in [7, 11) is -4.21. The van der Waals surface area contributed by atoms with Crippen molar-refractivity contribution in [2.75, 3.05) is 0 Å². The second kappa shape index (κ2) is 8.22. The molecule has 0 aromatic heterocycles. The Morgan fingerprint density at radius 3 is 2.41 bits per heavy atom. The van der Waals surface area contributed by atoms with Crippen LogP contribution >= 0.6 is 11.6 Å². The zero-order chi connectivity index (χ0) is 21.2. The van der Waals surface area contributed by atoms with Crippen molar-refractivity contribution in [3.8, 4) is 0 Å². The van der Waals surface area contributed by atoms with Crippen LogP contribution in [0.1, 0.15) is 24.0 Å². The minimum absolute atomic E-state index is 0.000865. The molecule has 1 aliphatic rings. The predicted molar refractivity (Wildman–Crippen MR) is 107 cm³/mol. The second-order valence-electron chi connectivity index (χ2n) is 6.46. The summed E-state index contributed by atoms with van der Waals surface area (Å²) in [6.07, 6.45) is -0.0969. The highest BCUT2D eigenvalue weighted by atomic mass is 35.5. The lowest BCUT2D eigenvalue weighted by Crippen LogP contribution is -2.43. The van der Waals surface area contributed by atoms with Gasteiger partial charge in [-0.05, 0) is 49.7 Å². The molecule has 0 radical (unpaired) electrons. The number of aryl methyl sites for hydroxylation is 1.